The van der Waals surface area contributed by atoms with Gasteiger partial charge < -0.3 is 0 Å². The zero-order chi connectivity index (χ0) is 26.4. The monoisotopic (exact) mass is 577 g/mol. The van der Waals surface area contributed by atoms with E-state index in [2.05, 4.69) is 53.7 Å². The van der Waals surface area contributed by atoms with Gasteiger partial charge in [-0.1, -0.05) is 0 Å². The van der Waals surface area contributed by atoms with Gasteiger partial charge in [0.2, 0.25) is 0 Å². The normalized spacial score (nSPS) is 19.0. The molecule has 0 fully saturated rings. The molecule has 0 spiro atoms. The molecular weight excluding hydrogens is 542 g/mol. The van der Waals surface area contributed by atoms with E-state index in [0.29, 0.717) is 18.6 Å². The van der Waals surface area contributed by atoms with E-state index >= 15 is 0 Å². The van der Waals surface area contributed by atoms with Crippen LogP contribution in [0.25, 0.3) is 0 Å². The molecule has 2 unspecified atom stereocenters. The fraction of sp³-hybridized carbons (Fsp3) is 0.538. The number of benzene rings is 2. The third-order valence-corrected chi connectivity index (χ3v) is 9.96. The first-order valence-corrected chi connectivity index (χ1v) is 14.9. The van der Waals surface area contributed by atoms with Gasteiger partial charge in [0.15, 0.2) is 0 Å². The summed E-state index contributed by atoms with van der Waals surface area (Å²) in [6.07, 6.45) is 0.497. The number of sulfonamides is 1. The van der Waals surface area contributed by atoms with Gasteiger partial charge in [0.05, 0.1) is 0 Å². The molecule has 1 aliphatic carbocycles. The van der Waals surface area contributed by atoms with Gasteiger partial charge in [-0.15, -0.1) is 0 Å². The molecule has 0 aromatic heterocycles. The fourth-order valence-corrected chi connectivity index (χ4v) is 8.09. The Morgan fingerprint density at radius 1 is 1.03 bits per heavy atom. The van der Waals surface area contributed by atoms with Crippen LogP contribution in [0.1, 0.15) is 76.8 Å². The van der Waals surface area contributed by atoms with Crippen molar-refractivity contribution in [3.8, 4) is 5.75 Å². The molecule has 194 valence electrons. The summed E-state index contributed by atoms with van der Waals surface area (Å²) in [7, 11) is -5.50. The van der Waals surface area contributed by atoms with Crippen molar-refractivity contribution < 1.29 is 26.3 Å². The second-order valence-electron chi connectivity index (χ2n) is 10.9. The minimum absolute atomic E-state index is 0.147. The van der Waals surface area contributed by atoms with Crippen LogP contribution in [0, 0.1) is 0 Å². The third kappa shape index (κ3) is 6.07. The Balaban J connectivity index is 2.13. The molecule has 35 heavy (non-hydrogen) atoms. The first kappa shape index (κ1) is 28.0. The molecule has 1 N–H and O–H groups in total. The van der Waals surface area contributed by atoms with Gasteiger partial charge in [0.1, 0.15) is 0 Å². The Kier molecular flexibility index (Phi) is 7.79. The maximum absolute atomic E-state index is 13.3. The van der Waals surface area contributed by atoms with Gasteiger partial charge in [-0.3, -0.25) is 0 Å². The number of nitrogens with one attached hydrogen (secondary N) is 1. The molecule has 2 aromatic carbocycles. The summed E-state index contributed by atoms with van der Waals surface area (Å²) in [6, 6.07) is 10.4. The van der Waals surface area contributed by atoms with Crippen LogP contribution in [-0.2, 0) is 27.3 Å². The van der Waals surface area contributed by atoms with Crippen molar-refractivity contribution in [2.24, 2.45) is 0 Å². The van der Waals surface area contributed by atoms with Crippen molar-refractivity contribution in [2.75, 3.05) is 6.61 Å². The number of hydrogen-bond acceptors (Lipinski definition) is 3. The Labute approximate surface area is 213 Å². The van der Waals surface area contributed by atoms with E-state index in [1.165, 1.54) is 0 Å². The molecule has 0 saturated heterocycles. The average Bonchev–Trinajstić information content (AvgIpc) is 3.03. The maximum atomic E-state index is 13.3. The van der Waals surface area contributed by atoms with Crippen LogP contribution >= 0.6 is 0 Å². The standard InChI is InChI=1S/C26H34F3NO3SSe/c1-8-33-23-19(25(5,6)7)14-17(24(2,3)4)15-21(23)35-20-13-16-11-9-10-12-18(16)22(20)30-34(31,32)26(27,28)29/h9-12,14-15,20,22,30H,8,13H2,1-7H3. The molecule has 3 rings (SSSR count). The SMILES string of the molecule is CCOc1c([Se]C2Cc3ccccc3C2NS(=O)(=O)C(F)(F)F)cc(C(C)(C)C)cc1C(C)(C)C. The van der Waals surface area contributed by atoms with E-state index < -0.39 is 21.6 Å². The molecule has 0 amide bonds. The molecule has 4 nitrogen and oxygen atoms in total. The van der Waals surface area contributed by atoms with E-state index in [1.807, 2.05) is 23.8 Å². The van der Waals surface area contributed by atoms with Gasteiger partial charge in [0.25, 0.3) is 0 Å². The minimum atomic E-state index is -5.50. The number of ether oxygens (including phenoxy) is 1. The molecular formula is C26H34F3NO3SSe. The van der Waals surface area contributed by atoms with Crippen molar-refractivity contribution in [1.82, 2.24) is 4.72 Å². The Morgan fingerprint density at radius 3 is 2.20 bits per heavy atom. The summed E-state index contributed by atoms with van der Waals surface area (Å²) in [5.41, 5.74) is -2.09. The van der Waals surface area contributed by atoms with Crippen molar-refractivity contribution in [3.63, 3.8) is 0 Å². The van der Waals surface area contributed by atoms with Crippen molar-refractivity contribution in [1.29, 1.82) is 0 Å². The molecule has 0 saturated carbocycles. The summed E-state index contributed by atoms with van der Waals surface area (Å²) >= 11 is -0.371. The molecule has 2 atom stereocenters. The Hall–Kier alpha value is -1.54. The first-order valence-electron chi connectivity index (χ1n) is 11.6. The second-order valence-corrected chi connectivity index (χ2v) is 15.3. The topological polar surface area (TPSA) is 55.4 Å². The molecule has 2 aromatic rings. The van der Waals surface area contributed by atoms with Crippen molar-refractivity contribution in [2.45, 2.75) is 82.1 Å². The van der Waals surface area contributed by atoms with E-state index in [9.17, 15) is 21.6 Å². The van der Waals surface area contributed by atoms with Gasteiger partial charge in [-0.05, 0) is 0 Å². The fourth-order valence-electron chi connectivity index (χ4n) is 4.18. The number of alkyl halides is 3. The number of rotatable bonds is 6. The van der Waals surface area contributed by atoms with Gasteiger partial charge >= 0.3 is 214 Å². The molecule has 0 heterocycles. The van der Waals surface area contributed by atoms with E-state index in [4.69, 9.17) is 4.74 Å². The second kappa shape index (κ2) is 9.73. The van der Waals surface area contributed by atoms with Crippen LogP contribution < -0.4 is 13.9 Å². The van der Waals surface area contributed by atoms with Crippen LogP contribution in [0.15, 0.2) is 36.4 Å². The number of fused-ring (bicyclic) bond motifs is 1. The van der Waals surface area contributed by atoms with Crippen LogP contribution in [0.5, 0.6) is 5.75 Å². The predicted molar refractivity (Wildman–Crippen MR) is 135 cm³/mol. The summed E-state index contributed by atoms with van der Waals surface area (Å²) in [5, 5.41) is 0. The molecule has 0 aliphatic heterocycles. The zero-order valence-corrected chi connectivity index (χ0v) is 23.7. The number of hydrogen-bond donors (Lipinski definition) is 1. The summed E-state index contributed by atoms with van der Waals surface area (Å²) in [4.78, 5) is -0.334. The van der Waals surface area contributed by atoms with Crippen LogP contribution in [-0.4, -0.2) is 35.5 Å². The molecule has 1 aliphatic rings. The van der Waals surface area contributed by atoms with Gasteiger partial charge in [0, 0.05) is 0 Å². The predicted octanol–water partition coefficient (Wildman–Crippen LogP) is 5.53. The zero-order valence-electron chi connectivity index (χ0n) is 21.2. The number of halogens is 3. The molecule has 0 radical (unpaired) electrons. The quantitative estimate of drug-likeness (QED) is 0.460. The molecule has 0 bridgehead atoms. The van der Waals surface area contributed by atoms with Gasteiger partial charge in [-0.25, -0.2) is 0 Å². The van der Waals surface area contributed by atoms with E-state index in [0.717, 1.165) is 26.9 Å². The third-order valence-electron chi connectivity index (χ3n) is 6.07. The van der Waals surface area contributed by atoms with Crippen LogP contribution in [0.3, 0.4) is 0 Å². The first-order chi connectivity index (χ1) is 16.0. The van der Waals surface area contributed by atoms with Crippen molar-refractivity contribution in [3.05, 3.63) is 58.7 Å². The Bertz CT molecular complexity index is 1180. The summed E-state index contributed by atoms with van der Waals surface area (Å²) < 4.78 is 73.1. The van der Waals surface area contributed by atoms with E-state index in [1.54, 1.807) is 12.1 Å². The summed E-state index contributed by atoms with van der Waals surface area (Å²) in [5.74, 6) is 0.765. The van der Waals surface area contributed by atoms with Gasteiger partial charge in [-0.2, -0.15) is 0 Å². The van der Waals surface area contributed by atoms with E-state index in [-0.39, 0.29) is 30.6 Å². The van der Waals surface area contributed by atoms with Crippen LogP contribution in [0.4, 0.5) is 13.2 Å². The Morgan fingerprint density at radius 2 is 1.66 bits per heavy atom. The van der Waals surface area contributed by atoms with Crippen molar-refractivity contribution >= 4 is 29.4 Å². The average molecular weight is 577 g/mol. The summed E-state index contributed by atoms with van der Waals surface area (Å²) in [6.45, 7) is 15.1. The van der Waals surface area contributed by atoms with Crippen LogP contribution in [0.2, 0.25) is 4.82 Å². The molecule has 9 heteroatoms.